The van der Waals surface area contributed by atoms with Gasteiger partial charge in [0.15, 0.2) is 5.75 Å². The molecule has 29 heavy (non-hydrogen) atoms. The molecule has 152 valence electrons. The van der Waals surface area contributed by atoms with E-state index < -0.39 is 11.9 Å². The molecule has 3 amide bonds. The molecule has 2 atom stereocenters. The van der Waals surface area contributed by atoms with Crippen LogP contribution >= 0.6 is 0 Å². The zero-order chi connectivity index (χ0) is 20.3. The zero-order valence-corrected chi connectivity index (χ0v) is 15.9. The van der Waals surface area contributed by atoms with Gasteiger partial charge in [0.2, 0.25) is 11.8 Å². The maximum atomic E-state index is 13.1. The molecule has 2 aromatic rings. The molecule has 0 spiro atoms. The smallest absolute Gasteiger partial charge is 0.329 e. The summed E-state index contributed by atoms with van der Waals surface area (Å²) in [5.41, 5.74) is 1.02. The van der Waals surface area contributed by atoms with E-state index in [1.807, 2.05) is 4.90 Å². The molecule has 10 nitrogen and oxygen atoms in total. The van der Waals surface area contributed by atoms with E-state index in [4.69, 9.17) is 4.74 Å². The Morgan fingerprint density at radius 3 is 2.79 bits per heavy atom. The van der Waals surface area contributed by atoms with Crippen LogP contribution in [-0.4, -0.2) is 64.0 Å². The number of nitrogens with zero attached hydrogens (tertiary/aromatic N) is 3. The summed E-state index contributed by atoms with van der Waals surface area (Å²) in [4.78, 5) is 51.8. The van der Waals surface area contributed by atoms with Crippen molar-refractivity contribution in [2.75, 3.05) is 26.2 Å². The Balaban J connectivity index is 1.68. The van der Waals surface area contributed by atoms with Gasteiger partial charge in [0, 0.05) is 33.1 Å². The number of imidazole rings is 1. The average molecular weight is 399 g/mol. The fraction of sp³-hybridized carbons (Fsp3) is 0.474. The summed E-state index contributed by atoms with van der Waals surface area (Å²) in [6, 6.07) is 2.49. The second-order valence-corrected chi connectivity index (χ2v) is 7.66. The Hall–Kier alpha value is -3.14. The van der Waals surface area contributed by atoms with Gasteiger partial charge in [0.25, 0.3) is 5.91 Å². The van der Waals surface area contributed by atoms with Crippen molar-refractivity contribution in [3.8, 4) is 5.75 Å². The van der Waals surface area contributed by atoms with Gasteiger partial charge in [-0.2, -0.15) is 0 Å². The van der Waals surface area contributed by atoms with E-state index >= 15 is 0 Å². The number of ether oxygens (including phenoxy) is 1. The SMILES string of the molecule is Cn1c(=O)n(C2CCC(=O)NC2=O)c2ccc3c(c21)OC[C@@H]1CNCCN1C3=O. The molecule has 3 aliphatic heterocycles. The standard InChI is InChI=1S/C19H21N5O5/c1-22-15-12(24(19(22)28)13-4-5-14(25)21-17(13)26)3-2-11-16(15)29-9-10-8-20-6-7-23(10)18(11)27/h2-3,10,13,20H,4-9H2,1H3,(H,21,25,26)/t10-,13?/m0/s1. The Morgan fingerprint density at radius 2 is 2.00 bits per heavy atom. The van der Waals surface area contributed by atoms with Gasteiger partial charge in [-0.25, -0.2) is 4.79 Å². The van der Waals surface area contributed by atoms with Crippen molar-refractivity contribution in [1.29, 1.82) is 0 Å². The third-order valence-electron chi connectivity index (χ3n) is 5.98. The molecule has 2 N–H and O–H groups in total. The minimum atomic E-state index is -0.779. The lowest BCUT2D eigenvalue weighted by atomic mass is 10.1. The molecule has 3 aliphatic rings. The van der Waals surface area contributed by atoms with Gasteiger partial charge in [0.1, 0.15) is 18.2 Å². The van der Waals surface area contributed by atoms with Crippen LogP contribution in [0.2, 0.25) is 0 Å². The lowest BCUT2D eigenvalue weighted by Gasteiger charge is -2.33. The first-order valence-corrected chi connectivity index (χ1v) is 9.69. The minimum Gasteiger partial charge on any atom is -0.488 e. The van der Waals surface area contributed by atoms with Crippen LogP contribution in [-0.2, 0) is 16.6 Å². The number of hydrogen-bond donors (Lipinski definition) is 2. The van der Waals surface area contributed by atoms with E-state index in [-0.39, 0.29) is 36.4 Å². The van der Waals surface area contributed by atoms with Gasteiger partial charge in [-0.15, -0.1) is 0 Å². The molecule has 0 aliphatic carbocycles. The average Bonchev–Trinajstić information content (AvgIpc) is 2.87. The van der Waals surface area contributed by atoms with Crippen LogP contribution in [0.3, 0.4) is 0 Å². The first kappa shape index (κ1) is 17.9. The van der Waals surface area contributed by atoms with Crippen LogP contribution in [0.5, 0.6) is 5.75 Å². The molecule has 0 radical (unpaired) electrons. The van der Waals surface area contributed by atoms with Gasteiger partial charge in [0.05, 0.1) is 17.1 Å². The van der Waals surface area contributed by atoms with Crippen molar-refractivity contribution in [3.05, 3.63) is 28.2 Å². The van der Waals surface area contributed by atoms with Crippen LogP contribution in [0.4, 0.5) is 0 Å². The number of aromatic nitrogens is 2. The quantitative estimate of drug-likeness (QED) is 0.602. The van der Waals surface area contributed by atoms with Gasteiger partial charge in [-0.05, 0) is 18.6 Å². The van der Waals surface area contributed by atoms with Crippen molar-refractivity contribution < 1.29 is 19.1 Å². The lowest BCUT2D eigenvalue weighted by molar-refractivity contribution is -0.135. The van der Waals surface area contributed by atoms with E-state index in [1.165, 1.54) is 9.13 Å². The van der Waals surface area contributed by atoms with Gasteiger partial charge in [-0.1, -0.05) is 0 Å². The van der Waals surface area contributed by atoms with E-state index in [0.717, 1.165) is 6.54 Å². The molecule has 10 heteroatoms. The highest BCUT2D eigenvalue weighted by atomic mass is 16.5. The van der Waals surface area contributed by atoms with Crippen LogP contribution in [0, 0.1) is 0 Å². The predicted octanol–water partition coefficient (Wildman–Crippen LogP) is -0.876. The van der Waals surface area contributed by atoms with Crippen LogP contribution < -0.4 is 21.1 Å². The molecular formula is C19H21N5O5. The summed E-state index contributed by atoms with van der Waals surface area (Å²) in [7, 11) is 1.60. The third-order valence-corrected chi connectivity index (χ3v) is 5.98. The van der Waals surface area contributed by atoms with E-state index in [2.05, 4.69) is 10.6 Å². The minimum absolute atomic E-state index is 0.0760. The van der Waals surface area contributed by atoms with Crippen LogP contribution in [0.1, 0.15) is 29.2 Å². The fourth-order valence-corrected chi connectivity index (χ4v) is 4.50. The highest BCUT2D eigenvalue weighted by molar-refractivity contribution is 6.04. The zero-order valence-electron chi connectivity index (χ0n) is 15.9. The predicted molar refractivity (Wildman–Crippen MR) is 102 cm³/mol. The molecule has 5 rings (SSSR count). The van der Waals surface area contributed by atoms with Crippen molar-refractivity contribution >= 4 is 28.8 Å². The number of hydrogen-bond acceptors (Lipinski definition) is 6. The van der Waals surface area contributed by atoms with Crippen molar-refractivity contribution in [2.45, 2.75) is 24.9 Å². The normalized spacial score (nSPS) is 24.6. The molecule has 2 fully saturated rings. The fourth-order valence-electron chi connectivity index (χ4n) is 4.50. The topological polar surface area (TPSA) is 115 Å². The molecule has 4 heterocycles. The number of aryl methyl sites for hydroxylation is 1. The number of piperazine rings is 1. The number of nitrogens with one attached hydrogen (secondary N) is 2. The van der Waals surface area contributed by atoms with Crippen molar-refractivity contribution in [3.63, 3.8) is 0 Å². The summed E-state index contributed by atoms with van der Waals surface area (Å²) in [5.74, 6) is -0.585. The molecule has 0 saturated carbocycles. The third kappa shape index (κ3) is 2.59. The molecule has 0 bridgehead atoms. The monoisotopic (exact) mass is 399 g/mol. The van der Waals surface area contributed by atoms with Gasteiger partial charge < -0.3 is 15.0 Å². The van der Waals surface area contributed by atoms with E-state index in [0.29, 0.717) is 42.0 Å². The first-order chi connectivity index (χ1) is 14.0. The second kappa shape index (κ2) is 6.45. The molecule has 2 saturated heterocycles. The highest BCUT2D eigenvalue weighted by Crippen LogP contribution is 2.34. The Kier molecular flexibility index (Phi) is 3.98. The summed E-state index contributed by atoms with van der Waals surface area (Å²) in [6.07, 6.45) is 0.422. The van der Waals surface area contributed by atoms with Gasteiger partial charge in [-0.3, -0.25) is 28.8 Å². The highest BCUT2D eigenvalue weighted by Gasteiger charge is 2.36. The second-order valence-electron chi connectivity index (χ2n) is 7.66. The number of rotatable bonds is 1. The number of benzene rings is 1. The van der Waals surface area contributed by atoms with Crippen molar-refractivity contribution in [1.82, 2.24) is 24.7 Å². The Morgan fingerprint density at radius 1 is 1.17 bits per heavy atom. The molecule has 1 aromatic heterocycles. The number of piperidine rings is 1. The number of amides is 3. The molecule has 1 aromatic carbocycles. The first-order valence-electron chi connectivity index (χ1n) is 9.69. The summed E-state index contributed by atoms with van der Waals surface area (Å²) < 4.78 is 8.86. The van der Waals surface area contributed by atoms with Crippen molar-refractivity contribution in [2.24, 2.45) is 7.05 Å². The number of imide groups is 1. The van der Waals surface area contributed by atoms with E-state index in [1.54, 1.807) is 19.2 Å². The lowest BCUT2D eigenvalue weighted by Crippen LogP contribution is -2.54. The summed E-state index contributed by atoms with van der Waals surface area (Å²) in [6.45, 7) is 2.30. The number of carbonyl (C=O) groups excluding carboxylic acids is 3. The largest absolute Gasteiger partial charge is 0.488 e. The van der Waals surface area contributed by atoms with Crippen LogP contribution in [0.25, 0.3) is 11.0 Å². The number of carbonyl (C=O) groups is 3. The number of fused-ring (bicyclic) bond motifs is 4. The Bertz CT molecular complexity index is 1120. The van der Waals surface area contributed by atoms with Gasteiger partial charge >= 0.3 is 5.69 Å². The molecular weight excluding hydrogens is 378 g/mol. The summed E-state index contributed by atoms with van der Waals surface area (Å²) >= 11 is 0. The maximum absolute atomic E-state index is 13.1. The Labute approximate surface area is 165 Å². The van der Waals surface area contributed by atoms with Crippen LogP contribution in [0.15, 0.2) is 16.9 Å². The molecule has 1 unspecified atom stereocenters. The summed E-state index contributed by atoms with van der Waals surface area (Å²) in [5, 5.41) is 5.56. The maximum Gasteiger partial charge on any atom is 0.329 e. The van der Waals surface area contributed by atoms with E-state index in [9.17, 15) is 19.2 Å².